The van der Waals surface area contributed by atoms with Crippen LogP contribution in [0, 0.1) is 5.82 Å². The maximum absolute atomic E-state index is 13.5. The van der Waals surface area contributed by atoms with Crippen LogP contribution in [0.3, 0.4) is 0 Å². The summed E-state index contributed by atoms with van der Waals surface area (Å²) in [6.07, 6.45) is 0.886. The number of hydrogen-bond acceptors (Lipinski definition) is 7. The molecule has 1 aromatic heterocycles. The van der Waals surface area contributed by atoms with Gasteiger partial charge >= 0.3 is 5.22 Å². The fraction of sp³-hybridized carbons (Fsp3) is 0.333. The predicted molar refractivity (Wildman–Crippen MR) is 78.0 cm³/mol. The Bertz CT molecular complexity index is 908. The van der Waals surface area contributed by atoms with Crippen LogP contribution in [0.4, 0.5) is 4.39 Å². The van der Waals surface area contributed by atoms with E-state index in [1.165, 1.54) is 25.1 Å². The highest BCUT2D eigenvalue weighted by Gasteiger charge is 2.24. The van der Waals surface area contributed by atoms with Crippen LogP contribution >= 0.6 is 0 Å². The molecule has 8 nitrogen and oxygen atoms in total. The van der Waals surface area contributed by atoms with Crippen molar-refractivity contribution in [2.75, 3.05) is 6.26 Å². The van der Waals surface area contributed by atoms with Crippen molar-refractivity contribution in [2.45, 2.75) is 23.9 Å². The van der Waals surface area contributed by atoms with E-state index in [-0.39, 0.29) is 11.5 Å². The Balaban J connectivity index is 2.14. The molecule has 126 valence electrons. The molecule has 0 saturated carbocycles. The molecule has 23 heavy (non-hydrogen) atoms. The van der Waals surface area contributed by atoms with Gasteiger partial charge in [-0.05, 0) is 13.0 Å². The summed E-state index contributed by atoms with van der Waals surface area (Å²) in [4.78, 5) is 0. The minimum absolute atomic E-state index is 0.00885. The largest absolute Gasteiger partial charge is 0.411 e. The molecule has 2 rings (SSSR count). The first kappa shape index (κ1) is 17.5. The number of rotatable bonds is 6. The van der Waals surface area contributed by atoms with Crippen LogP contribution in [0.5, 0.6) is 0 Å². The fourth-order valence-electron chi connectivity index (χ4n) is 1.73. The van der Waals surface area contributed by atoms with E-state index in [4.69, 9.17) is 4.42 Å². The topological polar surface area (TPSA) is 119 Å². The van der Waals surface area contributed by atoms with Crippen molar-refractivity contribution in [3.05, 3.63) is 41.5 Å². The zero-order valence-corrected chi connectivity index (χ0v) is 13.9. The number of hydrogen-bond donors (Lipinski definition) is 1. The third kappa shape index (κ3) is 4.56. The van der Waals surface area contributed by atoms with E-state index in [1.54, 1.807) is 0 Å². The maximum Gasteiger partial charge on any atom is 0.335 e. The van der Waals surface area contributed by atoms with Crippen molar-refractivity contribution in [3.63, 3.8) is 0 Å². The second kappa shape index (κ2) is 6.34. The molecular weight excluding hydrogens is 349 g/mol. The summed E-state index contributed by atoms with van der Waals surface area (Å²) >= 11 is 0. The first-order valence-corrected chi connectivity index (χ1v) is 9.90. The molecule has 1 atom stereocenters. The highest BCUT2D eigenvalue weighted by molar-refractivity contribution is 7.90. The molecule has 0 radical (unpaired) electrons. The van der Waals surface area contributed by atoms with Gasteiger partial charge in [0, 0.05) is 11.8 Å². The van der Waals surface area contributed by atoms with Gasteiger partial charge in [0.05, 0.1) is 11.8 Å². The normalized spacial score (nSPS) is 13.9. The molecule has 0 aliphatic carbocycles. The van der Waals surface area contributed by atoms with Gasteiger partial charge in [-0.25, -0.2) is 25.9 Å². The average molecular weight is 363 g/mol. The van der Waals surface area contributed by atoms with E-state index in [2.05, 4.69) is 14.9 Å². The van der Waals surface area contributed by atoms with Crippen LogP contribution in [-0.4, -0.2) is 33.3 Å². The van der Waals surface area contributed by atoms with Gasteiger partial charge in [0.25, 0.3) is 0 Å². The van der Waals surface area contributed by atoms with Gasteiger partial charge in [-0.15, -0.1) is 5.10 Å². The van der Waals surface area contributed by atoms with Crippen LogP contribution < -0.4 is 4.72 Å². The second-order valence-electron chi connectivity index (χ2n) is 4.87. The Kier molecular flexibility index (Phi) is 4.82. The van der Waals surface area contributed by atoms with Crippen molar-refractivity contribution in [2.24, 2.45) is 0 Å². The highest BCUT2D eigenvalue weighted by atomic mass is 32.2. The number of aromatic nitrogens is 2. The molecule has 0 fully saturated rings. The highest BCUT2D eigenvalue weighted by Crippen LogP contribution is 2.17. The fourth-order valence-corrected chi connectivity index (χ4v) is 3.52. The zero-order valence-electron chi connectivity index (χ0n) is 12.2. The van der Waals surface area contributed by atoms with E-state index in [0.717, 1.165) is 12.3 Å². The molecule has 0 amide bonds. The van der Waals surface area contributed by atoms with Gasteiger partial charge in [-0.3, -0.25) is 0 Å². The molecule has 1 heterocycles. The average Bonchev–Trinajstić information content (AvgIpc) is 2.90. The van der Waals surface area contributed by atoms with Crippen molar-refractivity contribution in [1.29, 1.82) is 0 Å². The second-order valence-corrected chi connectivity index (χ2v) is 8.52. The van der Waals surface area contributed by atoms with Gasteiger partial charge in [0.15, 0.2) is 0 Å². The summed E-state index contributed by atoms with van der Waals surface area (Å²) in [5, 5.41) is 6.23. The Morgan fingerprint density at radius 2 is 1.87 bits per heavy atom. The Morgan fingerprint density at radius 1 is 1.22 bits per heavy atom. The molecule has 2 aromatic rings. The lowest BCUT2D eigenvalue weighted by atomic mass is 10.2. The summed E-state index contributed by atoms with van der Waals surface area (Å²) < 4.78 is 67.3. The van der Waals surface area contributed by atoms with Crippen LogP contribution in [0.2, 0.25) is 0 Å². The third-order valence-corrected chi connectivity index (χ3v) is 4.97. The number of nitrogens with zero attached hydrogens (tertiary/aromatic N) is 2. The van der Waals surface area contributed by atoms with Crippen LogP contribution in [0.15, 0.2) is 33.9 Å². The van der Waals surface area contributed by atoms with Crippen LogP contribution in [0.1, 0.15) is 24.4 Å². The lowest BCUT2D eigenvalue weighted by molar-refractivity contribution is 0.373. The van der Waals surface area contributed by atoms with Crippen molar-refractivity contribution in [1.82, 2.24) is 14.9 Å². The quantitative estimate of drug-likeness (QED) is 0.806. The van der Waals surface area contributed by atoms with Gasteiger partial charge in [-0.2, -0.15) is 0 Å². The van der Waals surface area contributed by atoms with Crippen molar-refractivity contribution >= 4 is 19.9 Å². The monoisotopic (exact) mass is 363 g/mol. The SMILES string of the molecule is C[C@H](NS(=O)(=O)Cc1ccccc1F)c1nnc(S(C)(=O)=O)o1. The van der Waals surface area contributed by atoms with Gasteiger partial charge in [0.1, 0.15) is 5.82 Å². The van der Waals surface area contributed by atoms with Crippen LogP contribution in [-0.2, 0) is 25.6 Å². The number of sulfonamides is 1. The molecule has 0 bridgehead atoms. The van der Waals surface area contributed by atoms with Crippen molar-refractivity contribution < 1.29 is 25.6 Å². The smallest absolute Gasteiger partial charge is 0.335 e. The number of nitrogens with one attached hydrogen (secondary N) is 1. The van der Waals surface area contributed by atoms with E-state index in [9.17, 15) is 21.2 Å². The zero-order chi connectivity index (χ0) is 17.3. The molecule has 0 saturated heterocycles. The third-order valence-electron chi connectivity index (χ3n) is 2.77. The van der Waals surface area contributed by atoms with E-state index >= 15 is 0 Å². The van der Waals surface area contributed by atoms with E-state index < -0.39 is 42.7 Å². The molecule has 0 spiro atoms. The van der Waals surface area contributed by atoms with E-state index in [1.807, 2.05) is 0 Å². The first-order valence-electron chi connectivity index (χ1n) is 6.35. The number of halogens is 1. The summed E-state index contributed by atoms with van der Waals surface area (Å²) in [6, 6.07) is 4.52. The summed E-state index contributed by atoms with van der Waals surface area (Å²) in [6.45, 7) is 1.40. The first-order chi connectivity index (χ1) is 10.6. The predicted octanol–water partition coefficient (Wildman–Crippen LogP) is 0.793. The molecule has 11 heteroatoms. The summed E-state index contributed by atoms with van der Waals surface area (Å²) in [5.41, 5.74) is 0.00885. The molecule has 0 unspecified atom stereocenters. The maximum atomic E-state index is 13.5. The lowest BCUT2D eigenvalue weighted by Gasteiger charge is -2.11. The molecular formula is C12H14FN3O5S2. The lowest BCUT2D eigenvalue weighted by Crippen LogP contribution is -2.28. The summed E-state index contributed by atoms with van der Waals surface area (Å²) in [5.74, 6) is -1.41. The molecule has 1 aromatic carbocycles. The number of benzene rings is 1. The minimum atomic E-state index is -3.90. The minimum Gasteiger partial charge on any atom is -0.411 e. The Hall–Kier alpha value is -1.85. The molecule has 1 N–H and O–H groups in total. The standard InChI is InChI=1S/C12H14FN3O5S2/c1-8(11-14-15-12(21-11)22(2,17)18)16-23(19,20)7-9-5-3-4-6-10(9)13/h3-6,8,16H,7H2,1-2H3/t8-/m0/s1. The van der Waals surface area contributed by atoms with Gasteiger partial charge < -0.3 is 4.42 Å². The van der Waals surface area contributed by atoms with E-state index in [0.29, 0.717) is 0 Å². The van der Waals surface area contributed by atoms with Crippen molar-refractivity contribution in [3.8, 4) is 0 Å². The number of sulfone groups is 1. The van der Waals surface area contributed by atoms with Crippen LogP contribution in [0.25, 0.3) is 0 Å². The van der Waals surface area contributed by atoms with Gasteiger partial charge in [-0.1, -0.05) is 23.3 Å². The Labute approximate surface area is 132 Å². The van der Waals surface area contributed by atoms with Gasteiger partial charge in [0.2, 0.25) is 25.8 Å². The summed E-state index contributed by atoms with van der Waals surface area (Å²) in [7, 11) is -7.58. The Morgan fingerprint density at radius 3 is 2.43 bits per heavy atom. The molecule has 0 aliphatic rings. The molecule has 0 aliphatic heterocycles.